The first-order valence-corrected chi connectivity index (χ1v) is 12.0. The predicted molar refractivity (Wildman–Crippen MR) is 136 cm³/mol. The molecule has 4 rings (SSSR count). The summed E-state index contributed by atoms with van der Waals surface area (Å²) in [6.45, 7) is 0. The highest BCUT2D eigenvalue weighted by molar-refractivity contribution is 7.99. The van der Waals surface area contributed by atoms with Gasteiger partial charge in [0.25, 0.3) is 0 Å². The van der Waals surface area contributed by atoms with E-state index in [9.17, 15) is 0 Å². The van der Waals surface area contributed by atoms with E-state index in [4.69, 9.17) is 46.4 Å². The summed E-state index contributed by atoms with van der Waals surface area (Å²) in [7, 11) is 0. The Morgan fingerprint density at radius 3 is 1.19 bits per heavy atom. The molecule has 0 aliphatic heterocycles. The van der Waals surface area contributed by atoms with E-state index in [1.165, 1.54) is 32.0 Å². The number of hydrogen-bond donors (Lipinski definition) is 0. The van der Waals surface area contributed by atoms with Gasteiger partial charge in [-0.2, -0.15) is 0 Å². The average molecular weight is 504 g/mol. The number of benzene rings is 4. The van der Waals surface area contributed by atoms with Crippen LogP contribution in [0.25, 0.3) is 0 Å². The van der Waals surface area contributed by atoms with Crippen LogP contribution in [0.1, 0.15) is 22.3 Å². The summed E-state index contributed by atoms with van der Waals surface area (Å²) >= 11 is 26.5. The van der Waals surface area contributed by atoms with Gasteiger partial charge in [-0.1, -0.05) is 82.4 Å². The van der Waals surface area contributed by atoms with Gasteiger partial charge in [-0.3, -0.25) is 0 Å². The van der Waals surface area contributed by atoms with Crippen LogP contribution >= 0.6 is 58.2 Å². The quantitative estimate of drug-likeness (QED) is 0.252. The fourth-order valence-electron chi connectivity index (χ4n) is 3.33. The molecule has 4 aromatic rings. The van der Waals surface area contributed by atoms with Crippen molar-refractivity contribution in [1.29, 1.82) is 0 Å². The van der Waals surface area contributed by atoms with Gasteiger partial charge in [-0.05, 0) is 95.8 Å². The normalized spacial score (nSPS) is 11.0. The van der Waals surface area contributed by atoms with E-state index >= 15 is 0 Å². The molecule has 0 radical (unpaired) electrons. The van der Waals surface area contributed by atoms with Crippen molar-refractivity contribution in [2.45, 2.75) is 22.6 Å². The minimum Gasteiger partial charge on any atom is -0.0895 e. The maximum Gasteiger partial charge on any atom is 0.0409 e. The van der Waals surface area contributed by atoms with Crippen LogP contribution in [0.3, 0.4) is 0 Å². The third kappa shape index (κ3) is 6.22. The molecule has 0 aromatic heterocycles. The Balaban J connectivity index is 1.64. The van der Waals surface area contributed by atoms with Crippen molar-refractivity contribution >= 4 is 58.2 Å². The molecule has 0 heterocycles. The molecule has 0 unspecified atom stereocenters. The zero-order valence-corrected chi connectivity index (χ0v) is 20.3. The van der Waals surface area contributed by atoms with Crippen LogP contribution < -0.4 is 0 Å². The Kier molecular flexibility index (Phi) is 7.53. The summed E-state index contributed by atoms with van der Waals surface area (Å²) in [6.07, 6.45) is 1.56. The number of rotatable bonds is 6. The molecule has 5 heteroatoms. The van der Waals surface area contributed by atoms with Gasteiger partial charge in [0.2, 0.25) is 0 Å². The van der Waals surface area contributed by atoms with Crippen LogP contribution in [0.5, 0.6) is 0 Å². The third-order valence-electron chi connectivity index (χ3n) is 4.88. The average Bonchev–Trinajstić information content (AvgIpc) is 2.75. The Morgan fingerprint density at radius 1 is 0.452 bits per heavy atom. The lowest BCUT2D eigenvalue weighted by Crippen LogP contribution is -1.94. The largest absolute Gasteiger partial charge is 0.0895 e. The van der Waals surface area contributed by atoms with Crippen LogP contribution in [0, 0.1) is 0 Å². The minimum absolute atomic E-state index is 0.728. The van der Waals surface area contributed by atoms with Crippen molar-refractivity contribution in [3.63, 3.8) is 0 Å². The van der Waals surface area contributed by atoms with Gasteiger partial charge < -0.3 is 0 Å². The minimum atomic E-state index is 0.728. The molecular formula is C26H18Cl4S. The van der Waals surface area contributed by atoms with Crippen LogP contribution in [-0.4, -0.2) is 0 Å². The van der Waals surface area contributed by atoms with Crippen LogP contribution in [0.2, 0.25) is 20.1 Å². The standard InChI is InChI=1S/C26H18Cl4S/c27-21-5-1-17(2-6-21)13-19-15-23(29)9-11-25(19)31-26-12-10-24(30)16-20(26)14-18-3-7-22(28)8-4-18/h1-12,15-16H,13-14H2. The van der Waals surface area contributed by atoms with E-state index in [1.54, 1.807) is 11.8 Å². The van der Waals surface area contributed by atoms with E-state index in [-0.39, 0.29) is 0 Å². The maximum atomic E-state index is 6.32. The molecule has 0 fully saturated rings. The first-order valence-electron chi connectivity index (χ1n) is 9.70. The smallest absolute Gasteiger partial charge is 0.0409 e. The van der Waals surface area contributed by atoms with E-state index < -0.39 is 0 Å². The number of halogens is 4. The Hall–Kier alpha value is -1.61. The molecule has 0 atom stereocenters. The van der Waals surface area contributed by atoms with Crippen molar-refractivity contribution in [3.8, 4) is 0 Å². The van der Waals surface area contributed by atoms with Gasteiger partial charge in [0.1, 0.15) is 0 Å². The van der Waals surface area contributed by atoms with Crippen molar-refractivity contribution in [2.24, 2.45) is 0 Å². The summed E-state index contributed by atoms with van der Waals surface area (Å²) in [5.41, 5.74) is 4.72. The van der Waals surface area contributed by atoms with Crippen LogP contribution in [0.4, 0.5) is 0 Å². The third-order valence-corrected chi connectivity index (χ3v) is 7.09. The molecule has 0 bridgehead atoms. The summed E-state index contributed by atoms with van der Waals surface area (Å²) < 4.78 is 0. The van der Waals surface area contributed by atoms with Gasteiger partial charge >= 0.3 is 0 Å². The van der Waals surface area contributed by atoms with Crippen LogP contribution in [0.15, 0.2) is 94.7 Å². The first-order chi connectivity index (χ1) is 15.0. The van der Waals surface area contributed by atoms with Gasteiger partial charge in [0, 0.05) is 29.9 Å². The van der Waals surface area contributed by atoms with Gasteiger partial charge in [0.15, 0.2) is 0 Å². The second kappa shape index (κ2) is 10.3. The molecule has 4 aromatic carbocycles. The molecule has 0 saturated heterocycles. The zero-order valence-electron chi connectivity index (χ0n) is 16.4. The lowest BCUT2D eigenvalue weighted by atomic mass is 10.0. The summed E-state index contributed by atoms with van der Waals surface area (Å²) in [4.78, 5) is 2.33. The fourth-order valence-corrected chi connectivity index (χ4v) is 5.01. The number of hydrogen-bond acceptors (Lipinski definition) is 1. The molecule has 0 aliphatic carbocycles. The summed E-state index contributed by atoms with van der Waals surface area (Å²) in [6, 6.07) is 28.0. The van der Waals surface area contributed by atoms with Crippen molar-refractivity contribution in [2.75, 3.05) is 0 Å². The highest BCUT2D eigenvalue weighted by atomic mass is 35.5. The fraction of sp³-hybridized carbons (Fsp3) is 0.0769. The van der Waals surface area contributed by atoms with E-state index in [2.05, 4.69) is 12.1 Å². The Morgan fingerprint density at radius 2 is 0.806 bits per heavy atom. The van der Waals surface area contributed by atoms with E-state index in [0.29, 0.717) is 0 Å². The molecule has 0 saturated carbocycles. The van der Waals surface area contributed by atoms with Gasteiger partial charge in [-0.15, -0.1) is 0 Å². The monoisotopic (exact) mass is 502 g/mol. The molecule has 31 heavy (non-hydrogen) atoms. The molecule has 0 aliphatic rings. The van der Waals surface area contributed by atoms with Gasteiger partial charge in [-0.25, -0.2) is 0 Å². The lowest BCUT2D eigenvalue weighted by Gasteiger charge is -2.14. The molecular weight excluding hydrogens is 486 g/mol. The maximum absolute atomic E-state index is 6.32. The van der Waals surface area contributed by atoms with E-state index in [1.807, 2.05) is 72.8 Å². The molecule has 0 spiro atoms. The molecule has 0 N–H and O–H groups in total. The summed E-state index contributed by atoms with van der Waals surface area (Å²) in [5.74, 6) is 0. The lowest BCUT2D eigenvalue weighted by molar-refractivity contribution is 1.11. The highest BCUT2D eigenvalue weighted by Crippen LogP contribution is 2.37. The summed E-state index contributed by atoms with van der Waals surface area (Å²) in [5, 5.41) is 2.92. The van der Waals surface area contributed by atoms with Gasteiger partial charge in [0.05, 0.1) is 0 Å². The van der Waals surface area contributed by atoms with Crippen molar-refractivity contribution in [1.82, 2.24) is 0 Å². The second-order valence-corrected chi connectivity index (χ2v) is 10.0. The van der Waals surface area contributed by atoms with Crippen molar-refractivity contribution < 1.29 is 0 Å². The van der Waals surface area contributed by atoms with Crippen molar-refractivity contribution in [3.05, 3.63) is 127 Å². The Labute approximate surface area is 207 Å². The van der Waals surface area contributed by atoms with E-state index in [0.717, 1.165) is 32.9 Å². The zero-order chi connectivity index (χ0) is 21.8. The first kappa shape index (κ1) is 22.6. The Bertz CT molecular complexity index is 1090. The molecule has 0 nitrogen and oxygen atoms in total. The highest BCUT2D eigenvalue weighted by Gasteiger charge is 2.11. The topological polar surface area (TPSA) is 0 Å². The molecule has 156 valence electrons. The SMILES string of the molecule is Clc1ccc(Cc2cc(Cl)ccc2Sc2ccc(Cl)cc2Cc2ccc(Cl)cc2)cc1. The van der Waals surface area contributed by atoms with Crippen LogP contribution in [-0.2, 0) is 12.8 Å². The predicted octanol–water partition coefficient (Wildman–Crippen LogP) is 9.63. The second-order valence-electron chi connectivity index (χ2n) is 7.21. The molecule has 0 amide bonds.